The molecule has 0 fully saturated rings. The van der Waals surface area contributed by atoms with Crippen molar-refractivity contribution in [3.05, 3.63) is 60.2 Å². The topological polar surface area (TPSA) is 54.4 Å². The number of benzene rings is 3. The van der Waals surface area contributed by atoms with E-state index in [9.17, 15) is 9.59 Å². The van der Waals surface area contributed by atoms with Crippen molar-refractivity contribution in [2.24, 2.45) is 5.92 Å². The monoisotopic (exact) mass is 488 g/mol. The number of carboxylic acid groups (broad SMARTS) is 1. The first kappa shape index (κ1) is 27.9. The number of rotatable bonds is 18. The second-order valence-electron chi connectivity index (χ2n) is 10.4. The predicted octanol–water partition coefficient (Wildman–Crippen LogP) is 9.75. The Bertz CT molecular complexity index is 1050. The molecule has 0 bridgehead atoms. The van der Waals surface area contributed by atoms with Crippen LogP contribution in [-0.4, -0.2) is 16.9 Å². The van der Waals surface area contributed by atoms with Crippen molar-refractivity contribution in [1.82, 2.24) is 0 Å². The Labute approximate surface area is 217 Å². The summed E-state index contributed by atoms with van der Waals surface area (Å²) in [6.07, 6.45) is 15.8. The second-order valence-corrected chi connectivity index (χ2v) is 10.4. The van der Waals surface area contributed by atoms with E-state index in [0.29, 0.717) is 12.2 Å². The summed E-state index contributed by atoms with van der Waals surface area (Å²) in [7, 11) is 0. The normalized spacial score (nSPS) is 12.2. The van der Waals surface area contributed by atoms with Gasteiger partial charge in [0.2, 0.25) is 0 Å². The number of carbonyl (C=O) groups is 2. The van der Waals surface area contributed by atoms with E-state index in [0.717, 1.165) is 72.1 Å². The first-order chi connectivity index (χ1) is 17.6. The zero-order valence-corrected chi connectivity index (χ0v) is 22.1. The van der Waals surface area contributed by atoms with Crippen molar-refractivity contribution in [3.8, 4) is 0 Å². The minimum Gasteiger partial charge on any atom is -0.481 e. The van der Waals surface area contributed by atoms with Crippen LogP contribution in [0, 0.1) is 5.92 Å². The molecule has 36 heavy (non-hydrogen) atoms. The Morgan fingerprint density at radius 2 is 1.14 bits per heavy atom. The van der Waals surface area contributed by atoms with Crippen LogP contribution in [0.2, 0.25) is 0 Å². The van der Waals surface area contributed by atoms with Crippen LogP contribution in [0.25, 0.3) is 21.5 Å². The van der Waals surface area contributed by atoms with E-state index in [1.54, 1.807) is 0 Å². The van der Waals surface area contributed by atoms with Crippen LogP contribution in [0.15, 0.2) is 54.6 Å². The zero-order valence-electron chi connectivity index (χ0n) is 22.1. The van der Waals surface area contributed by atoms with E-state index in [4.69, 9.17) is 5.11 Å². The third-order valence-electron chi connectivity index (χ3n) is 7.49. The maximum Gasteiger partial charge on any atom is 0.303 e. The van der Waals surface area contributed by atoms with Crippen molar-refractivity contribution in [3.63, 3.8) is 0 Å². The molecule has 0 saturated heterocycles. The molecule has 3 rings (SSSR count). The van der Waals surface area contributed by atoms with Crippen molar-refractivity contribution in [2.45, 2.75) is 103 Å². The van der Waals surface area contributed by atoms with E-state index in [-0.39, 0.29) is 5.92 Å². The fourth-order valence-corrected chi connectivity index (χ4v) is 5.43. The quantitative estimate of drug-likeness (QED) is 0.110. The molecule has 194 valence electrons. The van der Waals surface area contributed by atoms with Crippen LogP contribution in [0.1, 0.15) is 114 Å². The number of hydrogen-bond acceptors (Lipinski definition) is 2. The first-order valence-corrected chi connectivity index (χ1v) is 14.3. The lowest BCUT2D eigenvalue weighted by atomic mass is 9.84. The molecule has 0 aliphatic carbocycles. The SMILES string of the molecule is CCCCCCC(CCCCCCCCCCC(=O)O)C(=O)c1c2ccccc2cc2ccccc12. The molecule has 1 N–H and O–H groups in total. The minimum absolute atomic E-state index is 0.0899. The number of unbranched alkanes of at least 4 members (excludes halogenated alkanes) is 10. The molecule has 1 atom stereocenters. The molecule has 3 nitrogen and oxygen atoms in total. The minimum atomic E-state index is -0.690. The second kappa shape index (κ2) is 15.4. The van der Waals surface area contributed by atoms with Gasteiger partial charge in [0, 0.05) is 17.9 Å². The van der Waals surface area contributed by atoms with E-state index in [1.165, 1.54) is 44.9 Å². The molecule has 1 unspecified atom stereocenters. The van der Waals surface area contributed by atoms with Gasteiger partial charge < -0.3 is 5.11 Å². The van der Waals surface area contributed by atoms with Gasteiger partial charge in [-0.15, -0.1) is 0 Å². The highest BCUT2D eigenvalue weighted by atomic mass is 16.4. The van der Waals surface area contributed by atoms with Gasteiger partial charge in [0.1, 0.15) is 0 Å². The summed E-state index contributed by atoms with van der Waals surface area (Å²) in [6, 6.07) is 18.9. The summed E-state index contributed by atoms with van der Waals surface area (Å²) in [4.78, 5) is 24.7. The van der Waals surface area contributed by atoms with Gasteiger partial charge in [-0.3, -0.25) is 9.59 Å². The van der Waals surface area contributed by atoms with Gasteiger partial charge in [-0.1, -0.05) is 126 Å². The maximum absolute atomic E-state index is 14.1. The number of Topliss-reactive ketones (excluding diaryl/α,β-unsaturated/α-hetero) is 1. The van der Waals surface area contributed by atoms with Crippen LogP contribution < -0.4 is 0 Å². The molecule has 0 aliphatic rings. The maximum atomic E-state index is 14.1. The molecule has 0 amide bonds. The van der Waals surface area contributed by atoms with E-state index in [2.05, 4.69) is 49.4 Å². The fraction of sp³-hybridized carbons (Fsp3) is 0.515. The van der Waals surface area contributed by atoms with Gasteiger partial charge in [0.15, 0.2) is 5.78 Å². The van der Waals surface area contributed by atoms with Crippen molar-refractivity contribution in [1.29, 1.82) is 0 Å². The van der Waals surface area contributed by atoms with Crippen molar-refractivity contribution >= 4 is 33.3 Å². The van der Waals surface area contributed by atoms with Crippen LogP contribution in [0.4, 0.5) is 0 Å². The molecule has 0 aromatic heterocycles. The van der Waals surface area contributed by atoms with Crippen molar-refractivity contribution in [2.75, 3.05) is 0 Å². The molecule has 0 radical (unpaired) electrons. The summed E-state index contributed by atoms with van der Waals surface area (Å²) in [5, 5.41) is 13.2. The van der Waals surface area contributed by atoms with Crippen LogP contribution in [-0.2, 0) is 4.79 Å². The zero-order chi connectivity index (χ0) is 25.6. The van der Waals surface area contributed by atoms with Gasteiger partial charge >= 0.3 is 5.97 Å². The average Bonchev–Trinajstić information content (AvgIpc) is 2.89. The standard InChI is InChI=1S/C33H44O3/c1-2-3-4-11-18-26(19-12-9-7-5-6-8-10-13-24-31(34)35)33(36)32-29-22-16-14-20-27(29)25-28-21-15-17-23-30(28)32/h14-17,20-23,25-26H,2-13,18-19,24H2,1H3,(H,34,35). The largest absolute Gasteiger partial charge is 0.481 e. The molecule has 0 spiro atoms. The molecule has 0 saturated carbocycles. The smallest absolute Gasteiger partial charge is 0.303 e. The van der Waals surface area contributed by atoms with Crippen molar-refractivity contribution < 1.29 is 14.7 Å². The summed E-state index contributed by atoms with van der Waals surface area (Å²) in [6.45, 7) is 2.23. The Morgan fingerprint density at radius 1 is 0.667 bits per heavy atom. The number of carbonyl (C=O) groups excluding carboxylic acids is 1. The van der Waals surface area contributed by atoms with Gasteiger partial charge in [-0.25, -0.2) is 0 Å². The van der Waals surface area contributed by atoms with Gasteiger partial charge in [-0.05, 0) is 46.9 Å². The van der Waals surface area contributed by atoms with Gasteiger partial charge in [0.25, 0.3) is 0 Å². The van der Waals surface area contributed by atoms with E-state index in [1.807, 2.05) is 12.1 Å². The average molecular weight is 489 g/mol. The Kier molecular flexibility index (Phi) is 12.0. The predicted molar refractivity (Wildman–Crippen MR) is 152 cm³/mol. The number of fused-ring (bicyclic) bond motifs is 2. The van der Waals surface area contributed by atoms with E-state index < -0.39 is 5.97 Å². The molecule has 0 heterocycles. The third-order valence-corrected chi connectivity index (χ3v) is 7.49. The first-order valence-electron chi connectivity index (χ1n) is 14.3. The lowest BCUT2D eigenvalue weighted by molar-refractivity contribution is -0.137. The highest BCUT2D eigenvalue weighted by Gasteiger charge is 2.23. The summed E-state index contributed by atoms with van der Waals surface area (Å²) in [5.74, 6) is -0.268. The number of carboxylic acids is 1. The number of aliphatic carboxylic acids is 1. The van der Waals surface area contributed by atoms with E-state index >= 15 is 0 Å². The molecular formula is C33H44O3. The number of ketones is 1. The lowest BCUT2D eigenvalue weighted by Crippen LogP contribution is -2.16. The molecule has 3 aromatic rings. The fourth-order valence-electron chi connectivity index (χ4n) is 5.43. The third kappa shape index (κ3) is 8.47. The molecule has 0 aliphatic heterocycles. The van der Waals surface area contributed by atoms with Crippen LogP contribution in [0.5, 0.6) is 0 Å². The van der Waals surface area contributed by atoms with Crippen LogP contribution >= 0.6 is 0 Å². The Balaban J connectivity index is 1.62. The summed E-state index contributed by atoms with van der Waals surface area (Å²) < 4.78 is 0. The Hall–Kier alpha value is -2.68. The van der Waals surface area contributed by atoms with Gasteiger partial charge in [-0.2, -0.15) is 0 Å². The van der Waals surface area contributed by atoms with Crippen LogP contribution in [0.3, 0.4) is 0 Å². The Morgan fingerprint density at radius 3 is 1.67 bits per heavy atom. The van der Waals surface area contributed by atoms with Gasteiger partial charge in [0.05, 0.1) is 0 Å². The summed E-state index contributed by atoms with van der Waals surface area (Å²) in [5.41, 5.74) is 0.922. The highest BCUT2D eigenvalue weighted by Crippen LogP contribution is 2.33. The lowest BCUT2D eigenvalue weighted by Gasteiger charge is -2.19. The molecular weight excluding hydrogens is 444 g/mol. The highest BCUT2D eigenvalue weighted by molar-refractivity contribution is 6.19. The molecule has 3 heteroatoms. The number of hydrogen-bond donors (Lipinski definition) is 1. The summed E-state index contributed by atoms with van der Waals surface area (Å²) >= 11 is 0. The molecule has 3 aromatic carbocycles.